The lowest BCUT2D eigenvalue weighted by Crippen LogP contribution is -2.40. The van der Waals surface area contributed by atoms with Gasteiger partial charge < -0.3 is 0 Å². The van der Waals surface area contributed by atoms with Crippen LogP contribution in [0.5, 0.6) is 0 Å². The molecular formula is C11H17ClSi. The highest BCUT2D eigenvalue weighted by Crippen LogP contribution is 2.36. The highest BCUT2D eigenvalue weighted by Gasteiger charge is 2.36. The molecule has 2 heteroatoms. The van der Waals surface area contributed by atoms with Crippen molar-refractivity contribution in [2.75, 3.05) is 0 Å². The van der Waals surface area contributed by atoms with Crippen LogP contribution in [0.15, 0.2) is 30.3 Å². The second-order valence-electron chi connectivity index (χ2n) is 4.46. The minimum atomic E-state index is -0.0889. The highest BCUT2D eigenvalue weighted by atomic mass is 35.5. The summed E-state index contributed by atoms with van der Waals surface area (Å²) in [6, 6.07) is 10.5. The van der Waals surface area contributed by atoms with E-state index in [2.05, 4.69) is 45.0 Å². The average molecular weight is 213 g/mol. The number of halogens is 1. The summed E-state index contributed by atoms with van der Waals surface area (Å²) >= 11 is 6.42. The molecule has 1 unspecified atom stereocenters. The molecule has 0 heterocycles. The maximum absolute atomic E-state index is 6.42. The van der Waals surface area contributed by atoms with Crippen molar-refractivity contribution >= 4 is 21.8 Å². The van der Waals surface area contributed by atoms with Crippen molar-refractivity contribution in [2.45, 2.75) is 30.7 Å². The molecule has 0 aliphatic rings. The van der Waals surface area contributed by atoms with Crippen molar-refractivity contribution in [3.05, 3.63) is 35.9 Å². The fourth-order valence-corrected chi connectivity index (χ4v) is 1.60. The van der Waals surface area contributed by atoms with Crippen molar-refractivity contribution in [3.8, 4) is 0 Å². The molecule has 1 atom stereocenters. The molecular weight excluding hydrogens is 196 g/mol. The van der Waals surface area contributed by atoms with E-state index in [0.29, 0.717) is 0 Å². The topological polar surface area (TPSA) is 0 Å². The zero-order chi connectivity index (χ0) is 10.1. The number of benzene rings is 1. The Kier molecular flexibility index (Phi) is 2.88. The molecule has 1 rings (SSSR count). The standard InChI is InChI=1S/C11H17ClSi/c1-10(2,11(3,12)13)9-7-5-4-6-8-9/h4-8H,1-3,13H3. The Balaban J connectivity index is 3.08. The summed E-state index contributed by atoms with van der Waals surface area (Å²) in [4.78, 5) is 0. The molecule has 0 aliphatic heterocycles. The van der Waals surface area contributed by atoms with Gasteiger partial charge in [0.05, 0.1) is 0 Å². The van der Waals surface area contributed by atoms with Crippen molar-refractivity contribution in [3.63, 3.8) is 0 Å². The zero-order valence-corrected chi connectivity index (χ0v) is 11.5. The first-order valence-corrected chi connectivity index (χ1v) is 5.98. The van der Waals surface area contributed by atoms with Crippen LogP contribution < -0.4 is 0 Å². The third-order valence-electron chi connectivity index (χ3n) is 2.98. The molecule has 1 aromatic carbocycles. The third-order valence-corrected chi connectivity index (χ3v) is 4.70. The van der Waals surface area contributed by atoms with Crippen LogP contribution in [0.25, 0.3) is 0 Å². The van der Waals surface area contributed by atoms with Crippen LogP contribution in [0.3, 0.4) is 0 Å². The molecule has 0 nitrogen and oxygen atoms in total. The van der Waals surface area contributed by atoms with Gasteiger partial charge in [0, 0.05) is 20.2 Å². The van der Waals surface area contributed by atoms with E-state index in [4.69, 9.17) is 11.6 Å². The van der Waals surface area contributed by atoms with Crippen LogP contribution in [-0.4, -0.2) is 14.7 Å². The second-order valence-corrected chi connectivity index (χ2v) is 8.04. The Labute approximate surface area is 88.7 Å². The monoisotopic (exact) mass is 212 g/mol. The second kappa shape index (κ2) is 3.47. The van der Waals surface area contributed by atoms with Crippen molar-refractivity contribution in [1.29, 1.82) is 0 Å². The normalized spacial score (nSPS) is 16.9. The van der Waals surface area contributed by atoms with Crippen molar-refractivity contribution < 1.29 is 0 Å². The van der Waals surface area contributed by atoms with Gasteiger partial charge in [0.25, 0.3) is 0 Å². The minimum Gasteiger partial charge on any atom is -0.123 e. The van der Waals surface area contributed by atoms with Gasteiger partial charge in [-0.1, -0.05) is 44.2 Å². The van der Waals surface area contributed by atoms with Gasteiger partial charge in [-0.3, -0.25) is 0 Å². The first-order valence-electron chi connectivity index (χ1n) is 4.60. The molecule has 0 radical (unpaired) electrons. The van der Waals surface area contributed by atoms with Gasteiger partial charge in [-0.25, -0.2) is 0 Å². The number of hydrogen-bond donors (Lipinski definition) is 0. The maximum Gasteiger partial charge on any atom is 0.0335 e. The van der Waals surface area contributed by atoms with E-state index in [1.54, 1.807) is 0 Å². The molecule has 13 heavy (non-hydrogen) atoms. The van der Waals surface area contributed by atoms with Crippen LogP contribution in [0, 0.1) is 0 Å². The molecule has 0 aliphatic carbocycles. The molecule has 0 fully saturated rings. The van der Waals surface area contributed by atoms with Crippen LogP contribution in [0.4, 0.5) is 0 Å². The first kappa shape index (κ1) is 10.8. The van der Waals surface area contributed by atoms with Gasteiger partial charge in [0.2, 0.25) is 0 Å². The number of alkyl halides is 1. The lowest BCUT2D eigenvalue weighted by molar-refractivity contribution is 0.475. The van der Waals surface area contributed by atoms with Gasteiger partial charge >= 0.3 is 0 Å². The summed E-state index contributed by atoms with van der Waals surface area (Å²) in [6.07, 6.45) is 0. The Morgan fingerprint density at radius 1 is 1.08 bits per heavy atom. The molecule has 0 spiro atoms. The Hall–Kier alpha value is -0.273. The molecule has 0 N–H and O–H groups in total. The van der Waals surface area contributed by atoms with Crippen LogP contribution in [0.1, 0.15) is 26.3 Å². The van der Waals surface area contributed by atoms with Crippen molar-refractivity contribution in [2.24, 2.45) is 0 Å². The SMILES string of the molecule is CC([SiH3])(Cl)C(C)(C)c1ccccc1. The largest absolute Gasteiger partial charge is 0.123 e. The summed E-state index contributed by atoms with van der Waals surface area (Å²) in [5.41, 5.74) is 1.38. The predicted octanol–water partition coefficient (Wildman–Crippen LogP) is 2.28. The molecule has 0 amide bonds. The van der Waals surface area contributed by atoms with Crippen molar-refractivity contribution in [1.82, 2.24) is 0 Å². The highest BCUT2D eigenvalue weighted by molar-refractivity contribution is 6.45. The molecule has 0 saturated heterocycles. The molecule has 0 saturated carbocycles. The number of hydrogen-bond acceptors (Lipinski definition) is 0. The molecule has 0 aromatic heterocycles. The quantitative estimate of drug-likeness (QED) is 0.522. The molecule has 1 aromatic rings. The van der Waals surface area contributed by atoms with Gasteiger partial charge in [0.15, 0.2) is 0 Å². The minimum absolute atomic E-state index is 0.0576. The molecule has 0 bridgehead atoms. The average Bonchev–Trinajstić information content (AvgIpc) is 2.04. The zero-order valence-electron chi connectivity index (χ0n) is 8.76. The van der Waals surface area contributed by atoms with E-state index in [1.807, 2.05) is 6.07 Å². The van der Waals surface area contributed by atoms with Gasteiger partial charge in [-0.2, -0.15) is 0 Å². The smallest absolute Gasteiger partial charge is 0.0335 e. The summed E-state index contributed by atoms with van der Waals surface area (Å²) < 4.78 is -0.0889. The van der Waals surface area contributed by atoms with Gasteiger partial charge in [-0.15, -0.1) is 11.6 Å². The fourth-order valence-electron chi connectivity index (χ4n) is 1.20. The predicted molar refractivity (Wildman–Crippen MR) is 63.7 cm³/mol. The summed E-state index contributed by atoms with van der Waals surface area (Å²) in [7, 11) is 0.987. The Morgan fingerprint density at radius 3 is 1.92 bits per heavy atom. The van der Waals surface area contributed by atoms with E-state index in [-0.39, 0.29) is 9.91 Å². The number of rotatable bonds is 2. The maximum atomic E-state index is 6.42. The summed E-state index contributed by atoms with van der Waals surface area (Å²) in [5, 5.41) is 0. The van der Waals surface area contributed by atoms with E-state index in [1.165, 1.54) is 5.56 Å². The van der Waals surface area contributed by atoms with E-state index < -0.39 is 0 Å². The van der Waals surface area contributed by atoms with Crippen LogP contribution in [-0.2, 0) is 5.41 Å². The summed E-state index contributed by atoms with van der Waals surface area (Å²) in [6.45, 7) is 6.54. The first-order chi connectivity index (χ1) is 5.86. The molecule has 72 valence electrons. The Bertz CT molecular complexity index is 272. The van der Waals surface area contributed by atoms with E-state index >= 15 is 0 Å². The van der Waals surface area contributed by atoms with Crippen LogP contribution >= 0.6 is 11.6 Å². The third kappa shape index (κ3) is 2.15. The lowest BCUT2D eigenvalue weighted by atomic mass is 9.81. The summed E-state index contributed by atoms with van der Waals surface area (Å²) in [5.74, 6) is 0. The van der Waals surface area contributed by atoms with Gasteiger partial charge in [-0.05, 0) is 12.5 Å². The fraction of sp³-hybridized carbons (Fsp3) is 0.455. The van der Waals surface area contributed by atoms with Crippen LogP contribution in [0.2, 0.25) is 0 Å². The lowest BCUT2D eigenvalue weighted by Gasteiger charge is -2.37. The Morgan fingerprint density at radius 2 is 1.54 bits per heavy atom. The van der Waals surface area contributed by atoms with Gasteiger partial charge in [0.1, 0.15) is 0 Å². The van der Waals surface area contributed by atoms with E-state index in [9.17, 15) is 0 Å². The van der Waals surface area contributed by atoms with E-state index in [0.717, 1.165) is 10.2 Å².